The van der Waals surface area contributed by atoms with Crippen molar-refractivity contribution in [1.82, 2.24) is 5.32 Å². The molecule has 2 amide bonds. The first-order valence-electron chi connectivity index (χ1n) is 9.90. The van der Waals surface area contributed by atoms with Gasteiger partial charge < -0.3 is 15.4 Å². The zero-order chi connectivity index (χ0) is 20.8. The van der Waals surface area contributed by atoms with Crippen LogP contribution in [0.25, 0.3) is 0 Å². The van der Waals surface area contributed by atoms with Crippen LogP contribution in [0.15, 0.2) is 41.8 Å². The molecule has 1 aromatic heterocycles. The maximum Gasteiger partial charge on any atom is 0.338 e. The average molecular weight is 415 g/mol. The fourth-order valence-electron chi connectivity index (χ4n) is 3.40. The van der Waals surface area contributed by atoms with Gasteiger partial charge in [-0.1, -0.05) is 25.8 Å². The van der Waals surface area contributed by atoms with Crippen molar-refractivity contribution in [2.24, 2.45) is 5.92 Å². The molecule has 1 aliphatic carbocycles. The van der Waals surface area contributed by atoms with E-state index in [0.29, 0.717) is 22.0 Å². The summed E-state index contributed by atoms with van der Waals surface area (Å²) in [6, 6.07) is 10.1. The fraction of sp³-hybridized carbons (Fsp3) is 0.409. The number of hydrogen-bond acceptors (Lipinski definition) is 5. The summed E-state index contributed by atoms with van der Waals surface area (Å²) >= 11 is 1.36. The second kappa shape index (κ2) is 9.69. The molecule has 0 bridgehead atoms. The fourth-order valence-corrected chi connectivity index (χ4v) is 4.02. The normalized spacial score (nSPS) is 19.8. The van der Waals surface area contributed by atoms with Gasteiger partial charge in [0.2, 0.25) is 0 Å². The van der Waals surface area contributed by atoms with E-state index in [9.17, 15) is 14.4 Å². The van der Waals surface area contributed by atoms with Crippen molar-refractivity contribution in [1.29, 1.82) is 0 Å². The van der Waals surface area contributed by atoms with Gasteiger partial charge in [-0.3, -0.25) is 9.59 Å². The second-order valence-electron chi connectivity index (χ2n) is 7.43. The summed E-state index contributed by atoms with van der Waals surface area (Å²) in [6.07, 6.45) is 3.51. The lowest BCUT2D eigenvalue weighted by molar-refractivity contribution is -0.130. The summed E-state index contributed by atoms with van der Waals surface area (Å²) in [5, 5.41) is 7.61. The van der Waals surface area contributed by atoms with Gasteiger partial charge in [0.15, 0.2) is 6.10 Å². The SMILES string of the molecule is CC(OC(=O)c1ccc(NC(=O)c2cccs2)cc1)C(=O)NC1CCCCC1C. The maximum atomic E-state index is 12.4. The van der Waals surface area contributed by atoms with Crippen molar-refractivity contribution in [3.05, 3.63) is 52.2 Å². The van der Waals surface area contributed by atoms with Crippen LogP contribution >= 0.6 is 11.3 Å². The van der Waals surface area contributed by atoms with Gasteiger partial charge in [-0.2, -0.15) is 0 Å². The number of nitrogens with one attached hydrogen (secondary N) is 2. The molecule has 3 atom stereocenters. The summed E-state index contributed by atoms with van der Waals surface area (Å²) in [6.45, 7) is 3.72. The highest BCUT2D eigenvalue weighted by atomic mass is 32.1. The van der Waals surface area contributed by atoms with Gasteiger partial charge >= 0.3 is 5.97 Å². The summed E-state index contributed by atoms with van der Waals surface area (Å²) in [5.74, 6) is -0.595. The largest absolute Gasteiger partial charge is 0.449 e. The summed E-state index contributed by atoms with van der Waals surface area (Å²) < 4.78 is 5.32. The molecule has 2 N–H and O–H groups in total. The molecule has 0 radical (unpaired) electrons. The molecule has 154 valence electrons. The van der Waals surface area contributed by atoms with Gasteiger partial charge in [0.1, 0.15) is 0 Å². The molecule has 6 nitrogen and oxygen atoms in total. The third-order valence-electron chi connectivity index (χ3n) is 5.22. The number of esters is 1. The van der Waals surface area contributed by atoms with E-state index < -0.39 is 12.1 Å². The van der Waals surface area contributed by atoms with Crippen LogP contribution in [0, 0.1) is 5.92 Å². The van der Waals surface area contributed by atoms with Crippen LogP contribution in [0.2, 0.25) is 0 Å². The number of anilines is 1. The van der Waals surface area contributed by atoms with Crippen LogP contribution < -0.4 is 10.6 Å². The first-order chi connectivity index (χ1) is 13.9. The minimum atomic E-state index is -0.866. The van der Waals surface area contributed by atoms with Gasteiger partial charge in [-0.25, -0.2) is 4.79 Å². The van der Waals surface area contributed by atoms with Crippen LogP contribution in [-0.4, -0.2) is 29.9 Å². The lowest BCUT2D eigenvalue weighted by Crippen LogP contribution is -2.45. The monoisotopic (exact) mass is 414 g/mol. The van der Waals surface area contributed by atoms with E-state index in [1.165, 1.54) is 17.8 Å². The Morgan fingerprint density at radius 1 is 1.10 bits per heavy atom. The molecule has 1 aliphatic rings. The Kier molecular flexibility index (Phi) is 7.04. The van der Waals surface area contributed by atoms with Gasteiger partial charge in [-0.05, 0) is 61.4 Å². The molecule has 3 unspecified atom stereocenters. The van der Waals surface area contributed by atoms with E-state index in [2.05, 4.69) is 17.6 Å². The third-order valence-corrected chi connectivity index (χ3v) is 6.08. The highest BCUT2D eigenvalue weighted by Gasteiger charge is 2.26. The molecule has 29 heavy (non-hydrogen) atoms. The molecular weight excluding hydrogens is 388 g/mol. The minimum Gasteiger partial charge on any atom is -0.449 e. The molecule has 2 aromatic rings. The van der Waals surface area contributed by atoms with E-state index in [1.807, 2.05) is 11.4 Å². The number of thiophene rings is 1. The van der Waals surface area contributed by atoms with Gasteiger partial charge in [0.05, 0.1) is 10.4 Å². The van der Waals surface area contributed by atoms with E-state index >= 15 is 0 Å². The number of benzene rings is 1. The molecular formula is C22H26N2O4S. The van der Waals surface area contributed by atoms with Crippen LogP contribution in [-0.2, 0) is 9.53 Å². The highest BCUT2D eigenvalue weighted by molar-refractivity contribution is 7.12. The van der Waals surface area contributed by atoms with Crippen LogP contribution in [0.3, 0.4) is 0 Å². The Bertz CT molecular complexity index is 848. The van der Waals surface area contributed by atoms with Crippen molar-refractivity contribution in [3.63, 3.8) is 0 Å². The van der Waals surface area contributed by atoms with E-state index in [1.54, 1.807) is 37.3 Å². The zero-order valence-electron chi connectivity index (χ0n) is 16.6. The molecule has 0 saturated heterocycles. The smallest absolute Gasteiger partial charge is 0.338 e. The van der Waals surface area contributed by atoms with E-state index in [4.69, 9.17) is 4.74 Å². The van der Waals surface area contributed by atoms with Crippen LogP contribution in [0.5, 0.6) is 0 Å². The van der Waals surface area contributed by atoms with Crippen molar-refractivity contribution < 1.29 is 19.1 Å². The zero-order valence-corrected chi connectivity index (χ0v) is 17.5. The Morgan fingerprint density at radius 3 is 2.48 bits per heavy atom. The van der Waals surface area contributed by atoms with E-state index in [0.717, 1.165) is 19.3 Å². The molecule has 1 heterocycles. The van der Waals surface area contributed by atoms with Crippen molar-refractivity contribution in [2.45, 2.75) is 51.7 Å². The topological polar surface area (TPSA) is 84.5 Å². The third kappa shape index (κ3) is 5.67. The van der Waals surface area contributed by atoms with E-state index in [-0.39, 0.29) is 17.9 Å². The quantitative estimate of drug-likeness (QED) is 0.693. The molecule has 3 rings (SSSR count). The lowest BCUT2D eigenvalue weighted by Gasteiger charge is -2.30. The molecule has 1 saturated carbocycles. The Morgan fingerprint density at radius 2 is 1.83 bits per heavy atom. The molecule has 0 spiro atoms. The molecule has 1 aromatic carbocycles. The number of carbonyl (C=O) groups is 3. The number of rotatable bonds is 6. The van der Waals surface area contributed by atoms with Crippen LogP contribution in [0.4, 0.5) is 5.69 Å². The predicted molar refractivity (Wildman–Crippen MR) is 113 cm³/mol. The Hall–Kier alpha value is -2.67. The number of carbonyl (C=O) groups excluding carboxylic acids is 3. The number of ether oxygens (including phenoxy) is 1. The second-order valence-corrected chi connectivity index (χ2v) is 8.38. The first kappa shape index (κ1) is 21.0. The number of amides is 2. The van der Waals surface area contributed by atoms with Gasteiger partial charge in [0.25, 0.3) is 11.8 Å². The van der Waals surface area contributed by atoms with Gasteiger partial charge in [-0.15, -0.1) is 11.3 Å². The maximum absolute atomic E-state index is 12.4. The first-order valence-corrected chi connectivity index (χ1v) is 10.8. The lowest BCUT2D eigenvalue weighted by atomic mass is 9.86. The predicted octanol–water partition coefficient (Wildman–Crippen LogP) is 4.24. The standard InChI is InChI=1S/C22H26N2O4S/c1-14-6-3-4-7-18(14)24-20(25)15(2)28-22(27)16-9-11-17(12-10-16)23-21(26)19-8-5-13-29-19/h5,8-15,18H,3-4,6-7H2,1-2H3,(H,23,26)(H,24,25). The van der Waals surface area contributed by atoms with Crippen molar-refractivity contribution in [3.8, 4) is 0 Å². The summed E-state index contributed by atoms with van der Waals surface area (Å²) in [4.78, 5) is 37.4. The molecule has 7 heteroatoms. The number of hydrogen-bond donors (Lipinski definition) is 2. The summed E-state index contributed by atoms with van der Waals surface area (Å²) in [5.41, 5.74) is 0.904. The minimum absolute atomic E-state index is 0.142. The molecule has 1 fully saturated rings. The Balaban J connectivity index is 1.51. The highest BCUT2D eigenvalue weighted by Crippen LogP contribution is 2.24. The average Bonchev–Trinajstić information content (AvgIpc) is 3.25. The summed E-state index contributed by atoms with van der Waals surface area (Å²) in [7, 11) is 0. The van der Waals surface area contributed by atoms with Crippen molar-refractivity contribution >= 4 is 34.8 Å². The van der Waals surface area contributed by atoms with Gasteiger partial charge in [0, 0.05) is 11.7 Å². The Labute approximate surface area is 174 Å². The van der Waals surface area contributed by atoms with Crippen LogP contribution in [0.1, 0.15) is 59.6 Å². The van der Waals surface area contributed by atoms with Crippen molar-refractivity contribution in [2.75, 3.05) is 5.32 Å². The molecule has 0 aliphatic heterocycles.